The standard InChI is InChI=1S/C16H21ClN2/c1-2-13(9-10-17)11-18-12-15-8-7-14-5-3-4-6-16(14)19-15/h3-8,13,18H,2,9-12H2,1H3. The van der Waals surface area contributed by atoms with Crippen LogP contribution < -0.4 is 5.32 Å². The van der Waals surface area contributed by atoms with Crippen LogP contribution in [0.1, 0.15) is 25.5 Å². The maximum atomic E-state index is 5.80. The Bertz CT molecular complexity index is 513. The molecule has 1 heterocycles. The van der Waals surface area contributed by atoms with E-state index in [9.17, 15) is 0 Å². The summed E-state index contributed by atoms with van der Waals surface area (Å²) < 4.78 is 0. The lowest BCUT2D eigenvalue weighted by Crippen LogP contribution is -2.22. The molecule has 2 rings (SSSR count). The van der Waals surface area contributed by atoms with E-state index in [0.717, 1.165) is 36.6 Å². The molecule has 0 aliphatic rings. The number of hydrogen-bond donors (Lipinski definition) is 1. The van der Waals surface area contributed by atoms with Crippen molar-refractivity contribution >= 4 is 22.5 Å². The van der Waals surface area contributed by atoms with E-state index in [-0.39, 0.29) is 0 Å². The highest BCUT2D eigenvalue weighted by molar-refractivity contribution is 6.17. The van der Waals surface area contributed by atoms with Gasteiger partial charge in [-0.25, -0.2) is 0 Å². The van der Waals surface area contributed by atoms with Crippen molar-refractivity contribution in [3.05, 3.63) is 42.1 Å². The minimum Gasteiger partial charge on any atom is -0.311 e. The highest BCUT2D eigenvalue weighted by Crippen LogP contribution is 2.12. The predicted octanol–water partition coefficient (Wildman–Crippen LogP) is 3.98. The van der Waals surface area contributed by atoms with Gasteiger partial charge < -0.3 is 5.32 Å². The van der Waals surface area contributed by atoms with Gasteiger partial charge in [-0.2, -0.15) is 0 Å². The largest absolute Gasteiger partial charge is 0.311 e. The molecule has 0 aliphatic heterocycles. The molecule has 2 aromatic rings. The fourth-order valence-electron chi connectivity index (χ4n) is 2.22. The summed E-state index contributed by atoms with van der Waals surface area (Å²) in [7, 11) is 0. The molecule has 1 unspecified atom stereocenters. The van der Waals surface area contributed by atoms with Gasteiger partial charge in [-0.1, -0.05) is 37.6 Å². The molecule has 0 aliphatic carbocycles. The van der Waals surface area contributed by atoms with Gasteiger partial charge in [0.15, 0.2) is 0 Å². The molecule has 0 radical (unpaired) electrons. The number of hydrogen-bond acceptors (Lipinski definition) is 2. The highest BCUT2D eigenvalue weighted by atomic mass is 35.5. The second kappa shape index (κ2) is 7.46. The summed E-state index contributed by atoms with van der Waals surface area (Å²) in [5.41, 5.74) is 2.16. The maximum absolute atomic E-state index is 5.80. The second-order valence-corrected chi connectivity index (χ2v) is 5.26. The van der Waals surface area contributed by atoms with E-state index in [1.807, 2.05) is 12.1 Å². The molecule has 1 aromatic heterocycles. The normalized spacial score (nSPS) is 12.7. The van der Waals surface area contributed by atoms with Gasteiger partial charge in [-0.3, -0.25) is 4.98 Å². The third-order valence-electron chi connectivity index (χ3n) is 3.49. The molecule has 0 amide bonds. The van der Waals surface area contributed by atoms with Gasteiger partial charge >= 0.3 is 0 Å². The van der Waals surface area contributed by atoms with Crippen LogP contribution in [0, 0.1) is 5.92 Å². The zero-order valence-corrected chi connectivity index (χ0v) is 12.2. The SMILES string of the molecule is CCC(CCCl)CNCc1ccc2ccccc2n1. The zero-order chi connectivity index (χ0) is 13.5. The smallest absolute Gasteiger partial charge is 0.0705 e. The van der Waals surface area contributed by atoms with Crippen molar-refractivity contribution in [1.29, 1.82) is 0 Å². The molecule has 1 aromatic carbocycles. The molecule has 1 N–H and O–H groups in total. The topological polar surface area (TPSA) is 24.9 Å². The summed E-state index contributed by atoms with van der Waals surface area (Å²) in [6, 6.07) is 12.4. The Labute approximate surface area is 120 Å². The Morgan fingerprint density at radius 1 is 1.21 bits per heavy atom. The summed E-state index contributed by atoms with van der Waals surface area (Å²) in [5.74, 6) is 1.41. The van der Waals surface area contributed by atoms with Crippen molar-refractivity contribution in [2.24, 2.45) is 5.92 Å². The third kappa shape index (κ3) is 4.19. The number of pyridine rings is 1. The monoisotopic (exact) mass is 276 g/mol. The number of rotatable bonds is 7. The van der Waals surface area contributed by atoms with Crippen LogP contribution in [-0.4, -0.2) is 17.4 Å². The Balaban J connectivity index is 1.90. The van der Waals surface area contributed by atoms with Gasteiger partial charge in [-0.05, 0) is 31.0 Å². The van der Waals surface area contributed by atoms with Gasteiger partial charge in [0.25, 0.3) is 0 Å². The zero-order valence-electron chi connectivity index (χ0n) is 11.4. The summed E-state index contributed by atoms with van der Waals surface area (Å²) in [4.78, 5) is 4.66. The number of halogens is 1. The Morgan fingerprint density at radius 3 is 2.84 bits per heavy atom. The molecule has 3 heteroatoms. The van der Waals surface area contributed by atoms with Crippen LogP contribution in [0.3, 0.4) is 0 Å². The molecule has 0 saturated carbocycles. The van der Waals surface area contributed by atoms with Gasteiger partial charge in [0, 0.05) is 17.8 Å². The predicted molar refractivity (Wildman–Crippen MR) is 82.6 cm³/mol. The van der Waals surface area contributed by atoms with E-state index >= 15 is 0 Å². The lowest BCUT2D eigenvalue weighted by molar-refractivity contribution is 0.450. The van der Waals surface area contributed by atoms with E-state index in [1.165, 1.54) is 11.8 Å². The van der Waals surface area contributed by atoms with E-state index in [4.69, 9.17) is 11.6 Å². The molecule has 0 spiro atoms. The molecule has 19 heavy (non-hydrogen) atoms. The molecule has 102 valence electrons. The van der Waals surface area contributed by atoms with Crippen molar-refractivity contribution in [1.82, 2.24) is 10.3 Å². The Morgan fingerprint density at radius 2 is 2.05 bits per heavy atom. The van der Waals surface area contributed by atoms with Crippen molar-refractivity contribution in [2.45, 2.75) is 26.3 Å². The van der Waals surface area contributed by atoms with Crippen LogP contribution in [0.5, 0.6) is 0 Å². The van der Waals surface area contributed by atoms with E-state index in [0.29, 0.717) is 5.92 Å². The van der Waals surface area contributed by atoms with E-state index in [1.54, 1.807) is 0 Å². The minimum absolute atomic E-state index is 0.665. The molecular weight excluding hydrogens is 256 g/mol. The number of alkyl halides is 1. The molecular formula is C16H21ClN2. The number of nitrogens with one attached hydrogen (secondary N) is 1. The van der Waals surface area contributed by atoms with E-state index < -0.39 is 0 Å². The second-order valence-electron chi connectivity index (χ2n) is 4.88. The average molecular weight is 277 g/mol. The number of fused-ring (bicyclic) bond motifs is 1. The molecule has 2 nitrogen and oxygen atoms in total. The summed E-state index contributed by atoms with van der Waals surface area (Å²) in [5, 5.41) is 4.68. The molecule has 0 bridgehead atoms. The summed E-state index contributed by atoms with van der Waals surface area (Å²) >= 11 is 5.80. The van der Waals surface area contributed by atoms with Gasteiger partial charge in [0.1, 0.15) is 0 Å². The van der Waals surface area contributed by atoms with Crippen LogP contribution in [0.25, 0.3) is 10.9 Å². The third-order valence-corrected chi connectivity index (χ3v) is 3.71. The number of benzene rings is 1. The van der Waals surface area contributed by atoms with Crippen LogP contribution in [-0.2, 0) is 6.54 Å². The van der Waals surface area contributed by atoms with Crippen molar-refractivity contribution < 1.29 is 0 Å². The average Bonchev–Trinajstić information content (AvgIpc) is 2.46. The number of nitrogens with zero attached hydrogens (tertiary/aromatic N) is 1. The number of aromatic nitrogens is 1. The van der Waals surface area contributed by atoms with Crippen LogP contribution in [0.4, 0.5) is 0 Å². The van der Waals surface area contributed by atoms with E-state index in [2.05, 4.69) is 41.5 Å². The number of para-hydroxylation sites is 1. The van der Waals surface area contributed by atoms with Crippen molar-refractivity contribution in [2.75, 3.05) is 12.4 Å². The molecule has 0 fully saturated rings. The first-order valence-corrected chi connectivity index (χ1v) is 7.48. The van der Waals surface area contributed by atoms with Gasteiger partial charge in [0.05, 0.1) is 11.2 Å². The maximum Gasteiger partial charge on any atom is 0.0705 e. The first-order valence-electron chi connectivity index (χ1n) is 6.95. The van der Waals surface area contributed by atoms with Gasteiger partial charge in [-0.15, -0.1) is 11.6 Å². The fraction of sp³-hybridized carbons (Fsp3) is 0.438. The van der Waals surface area contributed by atoms with Crippen LogP contribution in [0.15, 0.2) is 36.4 Å². The lowest BCUT2D eigenvalue weighted by Gasteiger charge is -2.14. The van der Waals surface area contributed by atoms with Crippen LogP contribution in [0.2, 0.25) is 0 Å². The lowest BCUT2D eigenvalue weighted by atomic mass is 10.0. The van der Waals surface area contributed by atoms with Crippen LogP contribution >= 0.6 is 11.6 Å². The summed E-state index contributed by atoms with van der Waals surface area (Å²) in [6.07, 6.45) is 2.25. The Hall–Kier alpha value is -1.12. The van der Waals surface area contributed by atoms with Crippen molar-refractivity contribution in [3.63, 3.8) is 0 Å². The minimum atomic E-state index is 0.665. The summed E-state index contributed by atoms with van der Waals surface area (Å²) in [6.45, 7) is 4.05. The molecule has 0 saturated heterocycles. The Kier molecular flexibility index (Phi) is 5.62. The first kappa shape index (κ1) is 14.3. The van der Waals surface area contributed by atoms with Gasteiger partial charge in [0.2, 0.25) is 0 Å². The molecule has 1 atom stereocenters. The fourth-order valence-corrected chi connectivity index (χ4v) is 2.52. The quantitative estimate of drug-likeness (QED) is 0.774. The highest BCUT2D eigenvalue weighted by Gasteiger charge is 2.05. The first-order chi connectivity index (χ1) is 9.33. The van der Waals surface area contributed by atoms with Crippen molar-refractivity contribution in [3.8, 4) is 0 Å².